The molecule has 9 heteroatoms. The minimum atomic E-state index is -0.273. The van der Waals surface area contributed by atoms with E-state index in [0.717, 1.165) is 5.69 Å². The Morgan fingerprint density at radius 1 is 0.541 bits per heavy atom. The Bertz CT molecular complexity index is 1690. The standard InChI is InChI=1S/C28H11N7S2/c29-12-18(13-30)23(16-33)21-8-10-36-27(21)25-6-7-26(35(25)20-4-2-1-3-5-20)28-22(9-11-37-28)24(17-34)19(14-31)15-32/h1-11H. The smallest absolute Gasteiger partial charge is 0.148 e. The quantitative estimate of drug-likeness (QED) is 0.277. The summed E-state index contributed by atoms with van der Waals surface area (Å²) in [7, 11) is 0. The molecule has 4 rings (SSSR count). The second-order valence-electron chi connectivity index (χ2n) is 7.27. The van der Waals surface area contributed by atoms with E-state index in [-0.39, 0.29) is 22.3 Å². The van der Waals surface area contributed by atoms with E-state index in [1.807, 2.05) is 59.2 Å². The number of allylic oxidation sites excluding steroid dienone is 4. The fraction of sp³-hybridized carbons (Fsp3) is 0. The maximum absolute atomic E-state index is 9.77. The van der Waals surface area contributed by atoms with E-state index in [4.69, 9.17) is 0 Å². The van der Waals surface area contributed by atoms with Crippen LogP contribution in [0.5, 0.6) is 0 Å². The van der Waals surface area contributed by atoms with Crippen LogP contribution >= 0.6 is 22.7 Å². The molecule has 7 nitrogen and oxygen atoms in total. The van der Waals surface area contributed by atoms with Crippen molar-refractivity contribution in [3.63, 3.8) is 0 Å². The second-order valence-corrected chi connectivity index (χ2v) is 9.10. The van der Waals surface area contributed by atoms with Crippen molar-refractivity contribution in [3.8, 4) is 63.2 Å². The van der Waals surface area contributed by atoms with Gasteiger partial charge in [-0.2, -0.15) is 31.6 Å². The fourth-order valence-corrected chi connectivity index (χ4v) is 5.67. The molecule has 37 heavy (non-hydrogen) atoms. The van der Waals surface area contributed by atoms with Gasteiger partial charge in [-0.05, 0) is 47.2 Å². The Morgan fingerprint density at radius 2 is 0.973 bits per heavy atom. The highest BCUT2D eigenvalue weighted by atomic mass is 32.1. The van der Waals surface area contributed by atoms with Gasteiger partial charge in [-0.25, -0.2) is 0 Å². The van der Waals surface area contributed by atoms with E-state index in [1.165, 1.54) is 22.7 Å². The highest BCUT2D eigenvalue weighted by molar-refractivity contribution is 7.14. The molecule has 3 aromatic heterocycles. The summed E-state index contributed by atoms with van der Waals surface area (Å²) in [6.07, 6.45) is 0. The summed E-state index contributed by atoms with van der Waals surface area (Å²) in [6.45, 7) is 0. The minimum Gasteiger partial charge on any atom is -0.308 e. The molecule has 170 valence electrons. The first kappa shape index (κ1) is 24.4. The molecule has 1 aromatic carbocycles. The molecule has 0 atom stereocenters. The molecule has 3 heterocycles. The van der Waals surface area contributed by atoms with Crippen molar-refractivity contribution in [1.29, 1.82) is 31.6 Å². The summed E-state index contributed by atoms with van der Waals surface area (Å²) in [5.74, 6) is 0. The fourth-order valence-electron chi connectivity index (χ4n) is 3.83. The van der Waals surface area contributed by atoms with Crippen LogP contribution in [0.4, 0.5) is 0 Å². The zero-order chi connectivity index (χ0) is 26.4. The monoisotopic (exact) mass is 509 g/mol. The van der Waals surface area contributed by atoms with E-state index in [2.05, 4.69) is 0 Å². The van der Waals surface area contributed by atoms with Crippen molar-refractivity contribution in [1.82, 2.24) is 4.57 Å². The van der Waals surface area contributed by atoms with Crippen LogP contribution in [0.3, 0.4) is 0 Å². The topological polar surface area (TPSA) is 148 Å². The van der Waals surface area contributed by atoms with Crippen molar-refractivity contribution >= 4 is 33.8 Å². The third kappa shape index (κ3) is 4.29. The van der Waals surface area contributed by atoms with Crippen LogP contribution in [0.15, 0.2) is 76.5 Å². The number of nitrogens with zero attached hydrogens (tertiary/aromatic N) is 7. The number of thiophene rings is 2. The predicted molar refractivity (Wildman–Crippen MR) is 140 cm³/mol. The average molecular weight is 510 g/mol. The van der Waals surface area contributed by atoms with Gasteiger partial charge in [0.1, 0.15) is 47.6 Å². The Balaban J connectivity index is 2.05. The number of rotatable bonds is 5. The molecule has 0 unspecified atom stereocenters. The van der Waals surface area contributed by atoms with E-state index in [9.17, 15) is 31.6 Å². The van der Waals surface area contributed by atoms with Crippen LogP contribution in [-0.2, 0) is 0 Å². The molecule has 4 aromatic rings. The highest BCUT2D eigenvalue weighted by Crippen LogP contribution is 2.42. The molecule has 0 aliphatic rings. The number of nitriles is 6. The molecule has 0 amide bonds. The lowest BCUT2D eigenvalue weighted by Crippen LogP contribution is -2.00. The van der Waals surface area contributed by atoms with Gasteiger partial charge in [0.2, 0.25) is 0 Å². The van der Waals surface area contributed by atoms with Gasteiger partial charge in [0.25, 0.3) is 0 Å². The summed E-state index contributed by atoms with van der Waals surface area (Å²) in [4.78, 5) is 1.36. The maximum atomic E-state index is 9.77. The Kier molecular flexibility index (Phi) is 7.08. The molecule has 0 aliphatic carbocycles. The van der Waals surface area contributed by atoms with Gasteiger partial charge in [0.05, 0.1) is 32.3 Å². The number of hydrogen-bond donors (Lipinski definition) is 0. The molecule has 0 spiro atoms. The molecule has 0 aliphatic heterocycles. The van der Waals surface area contributed by atoms with Gasteiger partial charge < -0.3 is 4.57 Å². The van der Waals surface area contributed by atoms with Crippen molar-refractivity contribution in [2.75, 3.05) is 0 Å². The van der Waals surface area contributed by atoms with Crippen molar-refractivity contribution in [2.24, 2.45) is 0 Å². The summed E-state index contributed by atoms with van der Waals surface area (Å²) >= 11 is 2.72. The van der Waals surface area contributed by atoms with Gasteiger partial charge in [-0.3, -0.25) is 0 Å². The molecular weight excluding hydrogens is 498 g/mol. The lowest BCUT2D eigenvalue weighted by molar-refractivity contribution is 1.10. The van der Waals surface area contributed by atoms with Crippen molar-refractivity contribution in [3.05, 3.63) is 87.6 Å². The number of aromatic nitrogens is 1. The van der Waals surface area contributed by atoms with E-state index < -0.39 is 0 Å². The zero-order valence-electron chi connectivity index (χ0n) is 18.8. The van der Waals surface area contributed by atoms with Crippen LogP contribution in [0.1, 0.15) is 11.1 Å². The van der Waals surface area contributed by atoms with Crippen molar-refractivity contribution < 1.29 is 0 Å². The highest BCUT2D eigenvalue weighted by Gasteiger charge is 2.24. The average Bonchev–Trinajstić information content (AvgIpc) is 3.69. The van der Waals surface area contributed by atoms with Crippen LogP contribution in [0.2, 0.25) is 0 Å². The number of benzene rings is 1. The first-order valence-corrected chi connectivity index (χ1v) is 12.2. The van der Waals surface area contributed by atoms with Gasteiger partial charge >= 0.3 is 0 Å². The summed E-state index contributed by atoms with van der Waals surface area (Å²) in [6, 6.07) is 27.8. The van der Waals surface area contributed by atoms with Crippen LogP contribution in [-0.4, -0.2) is 4.57 Å². The minimum absolute atomic E-state index is 0.0113. The van der Waals surface area contributed by atoms with Gasteiger partial charge in [0.15, 0.2) is 0 Å². The molecule has 0 saturated heterocycles. The SMILES string of the molecule is N#CC(C#N)=C(C#N)c1ccsc1-c1ccc(-c2sccc2C(C#N)=C(C#N)C#N)n1-c1ccccc1. The first-order valence-electron chi connectivity index (χ1n) is 10.5. The molecule has 0 saturated carbocycles. The molecule has 0 bridgehead atoms. The lowest BCUT2D eigenvalue weighted by Gasteiger charge is -2.14. The van der Waals surface area contributed by atoms with E-state index >= 15 is 0 Å². The predicted octanol–water partition coefficient (Wildman–Crippen LogP) is 6.58. The van der Waals surface area contributed by atoms with Crippen LogP contribution in [0.25, 0.3) is 38.0 Å². The van der Waals surface area contributed by atoms with Gasteiger partial charge in [0, 0.05) is 16.8 Å². The van der Waals surface area contributed by atoms with E-state index in [1.54, 1.807) is 47.2 Å². The molecule has 0 N–H and O–H groups in total. The lowest BCUT2D eigenvalue weighted by atomic mass is 10.0. The zero-order valence-corrected chi connectivity index (χ0v) is 20.4. The molecule has 0 radical (unpaired) electrons. The summed E-state index contributed by atoms with van der Waals surface area (Å²) < 4.78 is 1.95. The number of para-hydroxylation sites is 1. The Hall–Kier alpha value is -5.68. The molecule has 0 fully saturated rings. The summed E-state index contributed by atoms with van der Waals surface area (Å²) in [5, 5.41) is 60.6. The third-order valence-corrected chi connectivity index (χ3v) is 7.27. The Labute approximate surface area is 220 Å². The maximum Gasteiger partial charge on any atom is 0.148 e. The largest absolute Gasteiger partial charge is 0.308 e. The van der Waals surface area contributed by atoms with Gasteiger partial charge in [-0.15, -0.1) is 22.7 Å². The number of hydrogen-bond acceptors (Lipinski definition) is 8. The normalized spacial score (nSPS) is 9.46. The third-order valence-electron chi connectivity index (χ3n) is 5.40. The van der Waals surface area contributed by atoms with E-state index in [0.29, 0.717) is 32.3 Å². The van der Waals surface area contributed by atoms with Crippen molar-refractivity contribution in [2.45, 2.75) is 0 Å². The molecular formula is C28H11N7S2. The Morgan fingerprint density at radius 3 is 1.35 bits per heavy atom. The summed E-state index contributed by atoms with van der Waals surface area (Å²) in [5.41, 5.74) is 2.57. The second kappa shape index (κ2) is 10.7. The van der Waals surface area contributed by atoms with Crippen LogP contribution in [0, 0.1) is 68.0 Å². The van der Waals surface area contributed by atoms with Crippen LogP contribution < -0.4 is 0 Å². The van der Waals surface area contributed by atoms with Gasteiger partial charge in [-0.1, -0.05) is 18.2 Å². The first-order chi connectivity index (χ1) is 18.1.